The third-order valence-corrected chi connectivity index (χ3v) is 3.86. The molecular formula is C15H19N5O. The number of aryl methyl sites for hydroxylation is 2. The van der Waals surface area contributed by atoms with Gasteiger partial charge >= 0.3 is 0 Å². The molecule has 0 spiro atoms. The third-order valence-electron chi connectivity index (χ3n) is 3.86. The van der Waals surface area contributed by atoms with E-state index in [1.54, 1.807) is 24.5 Å². The van der Waals surface area contributed by atoms with Crippen LogP contribution in [0.3, 0.4) is 0 Å². The van der Waals surface area contributed by atoms with Crippen molar-refractivity contribution >= 4 is 5.91 Å². The Morgan fingerprint density at radius 1 is 1.29 bits per heavy atom. The number of rotatable bonds is 2. The Morgan fingerprint density at radius 2 is 2.05 bits per heavy atom. The lowest BCUT2D eigenvalue weighted by Gasteiger charge is -2.33. The van der Waals surface area contributed by atoms with Gasteiger partial charge in [-0.15, -0.1) is 0 Å². The molecule has 0 N–H and O–H groups in total. The van der Waals surface area contributed by atoms with Crippen LogP contribution in [0, 0.1) is 13.8 Å². The maximum atomic E-state index is 12.5. The van der Waals surface area contributed by atoms with Gasteiger partial charge in [-0.3, -0.25) is 9.78 Å². The van der Waals surface area contributed by atoms with Crippen molar-refractivity contribution in [1.29, 1.82) is 0 Å². The molecule has 0 radical (unpaired) electrons. The molecule has 0 saturated carbocycles. The van der Waals surface area contributed by atoms with E-state index in [2.05, 4.69) is 15.1 Å². The molecule has 1 saturated heterocycles. The fourth-order valence-corrected chi connectivity index (χ4v) is 2.90. The summed E-state index contributed by atoms with van der Waals surface area (Å²) in [7, 11) is 0. The van der Waals surface area contributed by atoms with Crippen molar-refractivity contribution in [3.05, 3.63) is 41.7 Å². The van der Waals surface area contributed by atoms with Gasteiger partial charge in [0.05, 0.1) is 6.04 Å². The van der Waals surface area contributed by atoms with Crippen molar-refractivity contribution in [3.8, 4) is 0 Å². The summed E-state index contributed by atoms with van der Waals surface area (Å²) in [6.07, 6.45) is 5.32. The minimum atomic E-state index is 0.0663. The van der Waals surface area contributed by atoms with Crippen LogP contribution in [0.2, 0.25) is 0 Å². The van der Waals surface area contributed by atoms with Gasteiger partial charge in [-0.2, -0.15) is 5.10 Å². The summed E-state index contributed by atoms with van der Waals surface area (Å²) >= 11 is 0. The maximum absolute atomic E-state index is 12.5. The molecule has 2 aromatic heterocycles. The Hall–Kier alpha value is -2.24. The smallest absolute Gasteiger partial charge is 0.254 e. The highest BCUT2D eigenvalue weighted by atomic mass is 16.2. The lowest BCUT2D eigenvalue weighted by atomic mass is 10.0. The Bertz CT molecular complexity index is 637. The fraction of sp³-hybridized carbons (Fsp3) is 0.467. The Labute approximate surface area is 123 Å². The molecule has 1 atom stereocenters. The highest BCUT2D eigenvalue weighted by molar-refractivity contribution is 5.94. The standard InChI is InChI=1S/C15H19N5O/c1-11-17-12(2)20(18-11)14-4-3-9-19(10-14)15(21)13-5-7-16-8-6-13/h5-8,14H,3-4,9-10H2,1-2H3/t14-/m1/s1. The van der Waals surface area contributed by atoms with Gasteiger partial charge in [0.15, 0.2) is 0 Å². The van der Waals surface area contributed by atoms with E-state index in [1.807, 2.05) is 23.4 Å². The summed E-state index contributed by atoms with van der Waals surface area (Å²) < 4.78 is 1.96. The number of hydrogen-bond donors (Lipinski definition) is 0. The number of carbonyl (C=O) groups is 1. The predicted molar refractivity (Wildman–Crippen MR) is 77.9 cm³/mol. The first-order chi connectivity index (χ1) is 10.1. The average Bonchev–Trinajstić information content (AvgIpc) is 2.86. The van der Waals surface area contributed by atoms with E-state index in [4.69, 9.17) is 0 Å². The Morgan fingerprint density at radius 3 is 2.71 bits per heavy atom. The zero-order valence-electron chi connectivity index (χ0n) is 12.4. The number of pyridine rings is 1. The monoisotopic (exact) mass is 285 g/mol. The van der Waals surface area contributed by atoms with E-state index in [1.165, 1.54) is 0 Å². The summed E-state index contributed by atoms with van der Waals surface area (Å²) in [6, 6.07) is 3.74. The van der Waals surface area contributed by atoms with Crippen molar-refractivity contribution in [1.82, 2.24) is 24.6 Å². The second-order valence-corrected chi connectivity index (χ2v) is 5.43. The minimum absolute atomic E-state index is 0.0663. The summed E-state index contributed by atoms with van der Waals surface area (Å²) in [5, 5.41) is 4.46. The van der Waals surface area contributed by atoms with Crippen molar-refractivity contribution in [2.75, 3.05) is 13.1 Å². The van der Waals surface area contributed by atoms with Crippen LogP contribution in [0.4, 0.5) is 0 Å². The molecule has 2 aromatic rings. The second kappa shape index (κ2) is 5.63. The molecule has 6 heteroatoms. The summed E-state index contributed by atoms with van der Waals surface area (Å²) in [5.74, 6) is 1.76. The van der Waals surface area contributed by atoms with Gasteiger partial charge in [0.25, 0.3) is 5.91 Å². The van der Waals surface area contributed by atoms with Crippen LogP contribution in [0.1, 0.15) is 40.9 Å². The summed E-state index contributed by atoms with van der Waals surface area (Å²) in [5.41, 5.74) is 0.692. The quantitative estimate of drug-likeness (QED) is 0.843. The number of nitrogens with zero attached hydrogens (tertiary/aromatic N) is 5. The van der Waals surface area contributed by atoms with Gasteiger partial charge < -0.3 is 4.90 Å². The molecule has 1 aliphatic rings. The van der Waals surface area contributed by atoms with E-state index in [0.717, 1.165) is 31.0 Å². The van der Waals surface area contributed by atoms with E-state index in [0.29, 0.717) is 12.1 Å². The molecule has 6 nitrogen and oxygen atoms in total. The molecule has 0 bridgehead atoms. The zero-order chi connectivity index (χ0) is 14.8. The number of amides is 1. The van der Waals surface area contributed by atoms with E-state index >= 15 is 0 Å². The van der Waals surface area contributed by atoms with Crippen LogP contribution in [0.25, 0.3) is 0 Å². The first kappa shape index (κ1) is 13.7. The second-order valence-electron chi connectivity index (χ2n) is 5.43. The van der Waals surface area contributed by atoms with Crippen LogP contribution >= 0.6 is 0 Å². The van der Waals surface area contributed by atoms with Gasteiger partial charge in [0.2, 0.25) is 0 Å². The summed E-state index contributed by atoms with van der Waals surface area (Å²) in [6.45, 7) is 5.34. The normalized spacial score (nSPS) is 18.8. The van der Waals surface area contributed by atoms with Crippen molar-refractivity contribution in [2.24, 2.45) is 0 Å². The Balaban J connectivity index is 1.77. The topological polar surface area (TPSA) is 63.9 Å². The fourth-order valence-electron chi connectivity index (χ4n) is 2.90. The maximum Gasteiger partial charge on any atom is 0.254 e. The Kier molecular flexibility index (Phi) is 3.68. The van der Waals surface area contributed by atoms with E-state index in [9.17, 15) is 4.79 Å². The predicted octanol–water partition coefficient (Wildman–Crippen LogP) is 1.77. The molecule has 21 heavy (non-hydrogen) atoms. The summed E-state index contributed by atoms with van der Waals surface area (Å²) in [4.78, 5) is 22.7. The molecule has 3 heterocycles. The average molecular weight is 285 g/mol. The largest absolute Gasteiger partial charge is 0.336 e. The molecule has 1 amide bonds. The van der Waals surface area contributed by atoms with Crippen LogP contribution in [-0.4, -0.2) is 43.6 Å². The first-order valence-corrected chi connectivity index (χ1v) is 7.24. The van der Waals surface area contributed by atoms with Crippen molar-refractivity contribution in [3.63, 3.8) is 0 Å². The van der Waals surface area contributed by atoms with Crippen molar-refractivity contribution < 1.29 is 4.79 Å². The molecular weight excluding hydrogens is 266 g/mol. The van der Waals surface area contributed by atoms with Gasteiger partial charge in [-0.1, -0.05) is 0 Å². The number of aromatic nitrogens is 4. The molecule has 0 aromatic carbocycles. The molecule has 0 aliphatic carbocycles. The van der Waals surface area contributed by atoms with Crippen molar-refractivity contribution in [2.45, 2.75) is 32.7 Å². The van der Waals surface area contributed by atoms with E-state index in [-0.39, 0.29) is 11.9 Å². The highest BCUT2D eigenvalue weighted by Crippen LogP contribution is 2.23. The number of hydrogen-bond acceptors (Lipinski definition) is 4. The van der Waals surface area contributed by atoms with Crippen LogP contribution in [0.5, 0.6) is 0 Å². The minimum Gasteiger partial charge on any atom is -0.336 e. The van der Waals surface area contributed by atoms with Crippen LogP contribution in [0.15, 0.2) is 24.5 Å². The third kappa shape index (κ3) is 2.79. The van der Waals surface area contributed by atoms with Crippen LogP contribution in [-0.2, 0) is 0 Å². The lowest BCUT2D eigenvalue weighted by molar-refractivity contribution is 0.0671. The molecule has 0 unspecified atom stereocenters. The zero-order valence-corrected chi connectivity index (χ0v) is 12.4. The van der Waals surface area contributed by atoms with Gasteiger partial charge in [-0.05, 0) is 38.8 Å². The molecule has 3 rings (SSSR count). The molecule has 1 aliphatic heterocycles. The number of carbonyl (C=O) groups excluding carboxylic acids is 1. The van der Waals surface area contributed by atoms with E-state index < -0.39 is 0 Å². The SMILES string of the molecule is Cc1nc(C)n([C@@H]2CCCN(C(=O)c3ccncc3)C2)n1. The molecule has 1 fully saturated rings. The lowest BCUT2D eigenvalue weighted by Crippen LogP contribution is -2.41. The number of piperidine rings is 1. The van der Waals surface area contributed by atoms with Crippen LogP contribution < -0.4 is 0 Å². The van der Waals surface area contributed by atoms with Gasteiger partial charge in [0.1, 0.15) is 11.6 Å². The highest BCUT2D eigenvalue weighted by Gasteiger charge is 2.27. The van der Waals surface area contributed by atoms with Gasteiger partial charge in [-0.25, -0.2) is 9.67 Å². The number of likely N-dealkylation sites (tertiary alicyclic amines) is 1. The molecule has 110 valence electrons. The van der Waals surface area contributed by atoms with Gasteiger partial charge in [0, 0.05) is 31.0 Å². The first-order valence-electron chi connectivity index (χ1n) is 7.24.